The standard InChI is InChI=1S/C29H36N2O9/c1-22(10-11-26(33)30-21-32)31-28(34)24-8-5-9-25(27(24)29(31)35)40-19-18-38-15-14-36-12-13-37-16-17-39-20-23-6-3-2-4-7-23/h2-9,21-22H,10-20H2,1H3,(H,30,32,33). The first-order valence-corrected chi connectivity index (χ1v) is 13.2. The Bertz CT molecular complexity index is 1110. The maximum Gasteiger partial charge on any atom is 0.265 e. The topological polar surface area (TPSA) is 130 Å². The Kier molecular flexibility index (Phi) is 13.2. The van der Waals surface area contributed by atoms with Gasteiger partial charge < -0.3 is 23.7 Å². The molecule has 0 saturated heterocycles. The van der Waals surface area contributed by atoms with Gasteiger partial charge in [-0.3, -0.25) is 29.4 Å². The average molecular weight is 557 g/mol. The molecule has 3 rings (SSSR count). The molecule has 40 heavy (non-hydrogen) atoms. The highest BCUT2D eigenvalue weighted by Crippen LogP contribution is 2.32. The molecular weight excluding hydrogens is 520 g/mol. The van der Waals surface area contributed by atoms with Gasteiger partial charge in [-0.25, -0.2) is 0 Å². The minimum absolute atomic E-state index is 0.00883. The van der Waals surface area contributed by atoms with Crippen LogP contribution in [-0.2, 0) is 35.1 Å². The zero-order valence-corrected chi connectivity index (χ0v) is 22.7. The zero-order chi connectivity index (χ0) is 28.6. The molecule has 0 aliphatic carbocycles. The predicted molar refractivity (Wildman–Crippen MR) is 144 cm³/mol. The minimum atomic E-state index is -0.528. The summed E-state index contributed by atoms with van der Waals surface area (Å²) in [5, 5.41) is 2.05. The van der Waals surface area contributed by atoms with Crippen molar-refractivity contribution < 1.29 is 42.9 Å². The van der Waals surface area contributed by atoms with E-state index in [1.54, 1.807) is 25.1 Å². The van der Waals surface area contributed by atoms with Crippen LogP contribution in [0.2, 0.25) is 0 Å². The molecule has 11 heteroatoms. The van der Waals surface area contributed by atoms with Crippen molar-refractivity contribution in [2.45, 2.75) is 32.4 Å². The van der Waals surface area contributed by atoms with E-state index in [0.29, 0.717) is 58.4 Å². The van der Waals surface area contributed by atoms with Crippen molar-refractivity contribution in [3.05, 3.63) is 65.2 Å². The average Bonchev–Trinajstić information content (AvgIpc) is 3.22. The summed E-state index contributed by atoms with van der Waals surface area (Å²) >= 11 is 0. The summed E-state index contributed by atoms with van der Waals surface area (Å²) in [6.07, 6.45) is 0.541. The number of carbonyl (C=O) groups excluding carboxylic acids is 4. The molecular formula is C29H36N2O9. The molecule has 0 bridgehead atoms. The zero-order valence-electron chi connectivity index (χ0n) is 22.7. The summed E-state index contributed by atoms with van der Waals surface area (Å²) in [6, 6.07) is 14.3. The fraction of sp³-hybridized carbons (Fsp3) is 0.448. The lowest BCUT2D eigenvalue weighted by molar-refractivity contribution is -0.125. The molecule has 0 aromatic heterocycles. The molecule has 2 aromatic carbocycles. The number of hydrogen-bond donors (Lipinski definition) is 1. The summed E-state index contributed by atoms with van der Waals surface area (Å²) in [7, 11) is 0. The number of hydrogen-bond acceptors (Lipinski definition) is 9. The third-order valence-electron chi connectivity index (χ3n) is 6.07. The number of nitrogens with zero attached hydrogens (tertiary/aromatic N) is 1. The third kappa shape index (κ3) is 9.53. The van der Waals surface area contributed by atoms with Crippen LogP contribution in [0.4, 0.5) is 0 Å². The van der Waals surface area contributed by atoms with Crippen molar-refractivity contribution in [1.29, 1.82) is 0 Å². The first kappa shape index (κ1) is 30.9. The molecule has 1 unspecified atom stereocenters. The largest absolute Gasteiger partial charge is 0.490 e. The number of amides is 4. The lowest BCUT2D eigenvalue weighted by Crippen LogP contribution is -2.38. The lowest BCUT2D eigenvalue weighted by Gasteiger charge is -2.22. The Hall–Kier alpha value is -3.64. The first-order chi connectivity index (χ1) is 19.5. The van der Waals surface area contributed by atoms with E-state index in [4.69, 9.17) is 23.7 Å². The smallest absolute Gasteiger partial charge is 0.265 e. The Labute approximate surface area is 233 Å². The Morgan fingerprint density at radius 2 is 1.45 bits per heavy atom. The first-order valence-electron chi connectivity index (χ1n) is 13.2. The van der Waals surface area contributed by atoms with Crippen LogP contribution in [0.1, 0.15) is 46.0 Å². The number of fused-ring (bicyclic) bond motifs is 1. The van der Waals surface area contributed by atoms with Crippen LogP contribution in [0, 0.1) is 0 Å². The number of benzene rings is 2. The van der Waals surface area contributed by atoms with E-state index in [1.807, 2.05) is 35.6 Å². The van der Waals surface area contributed by atoms with Gasteiger partial charge in [0.1, 0.15) is 12.4 Å². The quantitative estimate of drug-likeness (QED) is 0.148. The van der Waals surface area contributed by atoms with E-state index >= 15 is 0 Å². The van der Waals surface area contributed by atoms with E-state index in [9.17, 15) is 19.2 Å². The van der Waals surface area contributed by atoms with Gasteiger partial charge in [0.15, 0.2) is 0 Å². The van der Waals surface area contributed by atoms with Gasteiger partial charge in [-0.05, 0) is 31.0 Å². The molecule has 0 radical (unpaired) electrons. The third-order valence-corrected chi connectivity index (χ3v) is 6.07. The minimum Gasteiger partial charge on any atom is -0.490 e. The molecule has 2 aromatic rings. The Morgan fingerprint density at radius 3 is 2.10 bits per heavy atom. The lowest BCUT2D eigenvalue weighted by atomic mass is 10.1. The van der Waals surface area contributed by atoms with Crippen molar-refractivity contribution >= 4 is 24.1 Å². The van der Waals surface area contributed by atoms with Gasteiger partial charge >= 0.3 is 0 Å². The molecule has 1 heterocycles. The molecule has 0 fully saturated rings. The van der Waals surface area contributed by atoms with E-state index in [1.165, 1.54) is 0 Å². The van der Waals surface area contributed by atoms with Gasteiger partial charge in [0.05, 0.1) is 64.0 Å². The van der Waals surface area contributed by atoms with E-state index in [2.05, 4.69) is 0 Å². The van der Waals surface area contributed by atoms with Gasteiger partial charge in [0.2, 0.25) is 12.3 Å². The molecule has 1 N–H and O–H groups in total. The van der Waals surface area contributed by atoms with Crippen LogP contribution in [0.3, 0.4) is 0 Å². The predicted octanol–water partition coefficient (Wildman–Crippen LogP) is 2.37. The number of rotatable bonds is 20. The van der Waals surface area contributed by atoms with Crippen LogP contribution < -0.4 is 10.1 Å². The van der Waals surface area contributed by atoms with Gasteiger partial charge in [-0.15, -0.1) is 0 Å². The van der Waals surface area contributed by atoms with Crippen molar-refractivity contribution in [1.82, 2.24) is 10.2 Å². The van der Waals surface area contributed by atoms with Crippen LogP contribution in [0.25, 0.3) is 0 Å². The Morgan fingerprint density at radius 1 is 0.825 bits per heavy atom. The molecule has 216 valence electrons. The highest BCUT2D eigenvalue weighted by Gasteiger charge is 2.40. The molecule has 11 nitrogen and oxygen atoms in total. The van der Waals surface area contributed by atoms with Crippen LogP contribution in [0.5, 0.6) is 5.75 Å². The molecule has 0 spiro atoms. The van der Waals surface area contributed by atoms with Crippen molar-refractivity contribution in [2.75, 3.05) is 52.9 Å². The van der Waals surface area contributed by atoms with Crippen LogP contribution in [-0.4, -0.2) is 87.9 Å². The second-order valence-electron chi connectivity index (χ2n) is 8.96. The molecule has 0 saturated carbocycles. The summed E-state index contributed by atoms with van der Waals surface area (Å²) in [6.45, 7) is 5.40. The molecule has 1 atom stereocenters. The number of ether oxygens (including phenoxy) is 5. The highest BCUT2D eigenvalue weighted by molar-refractivity contribution is 6.22. The van der Waals surface area contributed by atoms with Crippen LogP contribution >= 0.6 is 0 Å². The second kappa shape index (κ2) is 17.1. The number of nitrogens with one attached hydrogen (secondary N) is 1. The van der Waals surface area contributed by atoms with Gasteiger partial charge in [-0.2, -0.15) is 0 Å². The maximum absolute atomic E-state index is 13.0. The highest BCUT2D eigenvalue weighted by atomic mass is 16.6. The fourth-order valence-corrected chi connectivity index (χ4v) is 4.03. The summed E-state index contributed by atoms with van der Waals surface area (Å²) < 4.78 is 27.8. The summed E-state index contributed by atoms with van der Waals surface area (Å²) in [5.41, 5.74) is 1.58. The van der Waals surface area contributed by atoms with Gasteiger partial charge in [0.25, 0.3) is 11.8 Å². The van der Waals surface area contributed by atoms with Gasteiger partial charge in [0, 0.05) is 12.5 Å². The number of imide groups is 2. The van der Waals surface area contributed by atoms with E-state index in [0.717, 1.165) is 10.5 Å². The molecule has 1 aliphatic heterocycles. The van der Waals surface area contributed by atoms with E-state index < -0.39 is 23.8 Å². The summed E-state index contributed by atoms with van der Waals surface area (Å²) in [4.78, 5) is 49.0. The van der Waals surface area contributed by atoms with E-state index in [-0.39, 0.29) is 37.2 Å². The second-order valence-corrected chi connectivity index (χ2v) is 8.96. The van der Waals surface area contributed by atoms with Crippen molar-refractivity contribution in [3.63, 3.8) is 0 Å². The van der Waals surface area contributed by atoms with Crippen molar-refractivity contribution in [2.24, 2.45) is 0 Å². The fourth-order valence-electron chi connectivity index (χ4n) is 4.03. The molecule has 4 amide bonds. The SMILES string of the molecule is CC(CCC(=O)NC=O)N1C(=O)c2cccc(OCCOCCOCCOCCOCc3ccccc3)c2C1=O. The molecule has 1 aliphatic rings. The normalized spacial score (nSPS) is 13.3. The number of carbonyl (C=O) groups is 4. The Balaban J connectivity index is 1.25. The van der Waals surface area contributed by atoms with Gasteiger partial charge in [-0.1, -0.05) is 36.4 Å². The van der Waals surface area contributed by atoms with Crippen LogP contribution in [0.15, 0.2) is 48.5 Å². The van der Waals surface area contributed by atoms with Crippen molar-refractivity contribution in [3.8, 4) is 5.75 Å². The maximum atomic E-state index is 13.0. The summed E-state index contributed by atoms with van der Waals surface area (Å²) in [5.74, 6) is -1.08. The monoisotopic (exact) mass is 556 g/mol.